The van der Waals surface area contributed by atoms with E-state index in [1.807, 2.05) is 42.5 Å². The highest BCUT2D eigenvalue weighted by Gasteiger charge is 2.17. The number of carbonyl (C=O) groups is 2. The number of hydrogen-bond donors (Lipinski definition) is 2. The lowest BCUT2D eigenvalue weighted by Gasteiger charge is -2.07. The van der Waals surface area contributed by atoms with E-state index in [0.29, 0.717) is 24.4 Å². The zero-order chi connectivity index (χ0) is 16.2. The highest BCUT2D eigenvalue weighted by molar-refractivity contribution is 6.30. The molecule has 0 saturated heterocycles. The molecule has 2 N–H and O–H groups in total. The summed E-state index contributed by atoms with van der Waals surface area (Å²) < 4.78 is 0. The molecule has 118 valence electrons. The average molecular weight is 329 g/mol. The minimum Gasteiger partial charge on any atom is -0.355 e. The van der Waals surface area contributed by atoms with Gasteiger partial charge in [-0.25, -0.2) is 0 Å². The molecule has 0 saturated carbocycles. The van der Waals surface area contributed by atoms with Crippen molar-refractivity contribution in [3.05, 3.63) is 64.2 Å². The fraction of sp³-hybridized carbons (Fsp3) is 0.222. The largest absolute Gasteiger partial charge is 0.355 e. The predicted molar refractivity (Wildman–Crippen MR) is 90.6 cm³/mol. The molecule has 0 atom stereocenters. The van der Waals surface area contributed by atoms with Crippen molar-refractivity contribution in [1.82, 2.24) is 5.32 Å². The van der Waals surface area contributed by atoms with E-state index in [1.54, 1.807) is 0 Å². The normalized spacial score (nSPS) is 12.7. The topological polar surface area (TPSA) is 58.2 Å². The van der Waals surface area contributed by atoms with Crippen LogP contribution in [0.3, 0.4) is 0 Å². The van der Waals surface area contributed by atoms with E-state index in [1.165, 1.54) is 0 Å². The molecule has 3 rings (SSSR count). The molecule has 5 heteroatoms. The number of hydrogen-bond acceptors (Lipinski definition) is 2. The molecule has 2 amide bonds. The molecular formula is C18H17ClN2O2. The van der Waals surface area contributed by atoms with Crippen LogP contribution in [0.5, 0.6) is 0 Å². The van der Waals surface area contributed by atoms with E-state index in [4.69, 9.17) is 11.6 Å². The van der Waals surface area contributed by atoms with Gasteiger partial charge < -0.3 is 10.6 Å². The van der Waals surface area contributed by atoms with Gasteiger partial charge in [0.1, 0.15) is 0 Å². The van der Waals surface area contributed by atoms with Crippen molar-refractivity contribution in [2.75, 3.05) is 11.9 Å². The maximum Gasteiger partial charge on any atom is 0.228 e. The smallest absolute Gasteiger partial charge is 0.228 e. The van der Waals surface area contributed by atoms with Crippen LogP contribution in [0.15, 0.2) is 42.5 Å². The van der Waals surface area contributed by atoms with Gasteiger partial charge in [-0.3, -0.25) is 9.59 Å². The van der Waals surface area contributed by atoms with Crippen LogP contribution in [-0.2, 0) is 28.9 Å². The van der Waals surface area contributed by atoms with Crippen molar-refractivity contribution in [2.24, 2.45) is 0 Å². The van der Waals surface area contributed by atoms with Crippen LogP contribution in [0, 0.1) is 0 Å². The van der Waals surface area contributed by atoms with Crippen molar-refractivity contribution in [2.45, 2.75) is 19.3 Å². The Morgan fingerprint density at radius 3 is 2.65 bits per heavy atom. The van der Waals surface area contributed by atoms with Crippen LogP contribution < -0.4 is 10.6 Å². The Hall–Kier alpha value is -2.33. The average Bonchev–Trinajstić information content (AvgIpc) is 2.88. The molecule has 23 heavy (non-hydrogen) atoms. The fourth-order valence-electron chi connectivity index (χ4n) is 2.64. The van der Waals surface area contributed by atoms with Gasteiger partial charge in [0.2, 0.25) is 11.8 Å². The fourth-order valence-corrected chi connectivity index (χ4v) is 2.76. The molecule has 1 aliphatic heterocycles. The molecule has 4 nitrogen and oxygen atoms in total. The Kier molecular flexibility index (Phi) is 4.63. The van der Waals surface area contributed by atoms with Gasteiger partial charge in [-0.05, 0) is 41.3 Å². The molecule has 1 heterocycles. The van der Waals surface area contributed by atoms with E-state index in [9.17, 15) is 9.59 Å². The predicted octanol–water partition coefficient (Wildman–Crippen LogP) is 2.74. The van der Waals surface area contributed by atoms with Gasteiger partial charge in [-0.2, -0.15) is 0 Å². The standard InChI is InChI=1S/C18H17ClN2O2/c19-15-4-1-12(2-5-15)7-8-20-17(22)10-13-3-6-16-14(9-13)11-18(23)21-16/h1-6,9H,7-8,10-11H2,(H,20,22)(H,21,23). The van der Waals surface area contributed by atoms with Crippen LogP contribution in [0.1, 0.15) is 16.7 Å². The number of amides is 2. The number of anilines is 1. The van der Waals surface area contributed by atoms with Crippen molar-refractivity contribution in [3.8, 4) is 0 Å². The molecule has 0 radical (unpaired) electrons. The molecule has 1 aliphatic rings. The van der Waals surface area contributed by atoms with Crippen LogP contribution in [0.4, 0.5) is 5.69 Å². The van der Waals surface area contributed by atoms with Crippen molar-refractivity contribution >= 4 is 29.1 Å². The SMILES string of the molecule is O=C(Cc1ccc2c(c1)CC(=O)N2)NCCc1ccc(Cl)cc1. The second-order valence-electron chi connectivity index (χ2n) is 5.62. The lowest BCUT2D eigenvalue weighted by molar-refractivity contribution is -0.120. The molecule has 0 aliphatic carbocycles. The zero-order valence-corrected chi connectivity index (χ0v) is 13.3. The molecule has 2 aromatic rings. The number of halogens is 1. The van der Waals surface area contributed by atoms with Crippen LogP contribution in [0.2, 0.25) is 5.02 Å². The Balaban J connectivity index is 1.49. The Morgan fingerprint density at radius 2 is 1.87 bits per heavy atom. The van der Waals surface area contributed by atoms with Crippen molar-refractivity contribution < 1.29 is 9.59 Å². The maximum absolute atomic E-state index is 12.0. The van der Waals surface area contributed by atoms with Crippen molar-refractivity contribution in [3.63, 3.8) is 0 Å². The molecule has 0 spiro atoms. The summed E-state index contributed by atoms with van der Waals surface area (Å²) >= 11 is 5.84. The number of nitrogens with one attached hydrogen (secondary N) is 2. The number of benzene rings is 2. The van der Waals surface area contributed by atoms with E-state index < -0.39 is 0 Å². The van der Waals surface area contributed by atoms with Gasteiger partial charge in [0, 0.05) is 17.3 Å². The Morgan fingerprint density at radius 1 is 1.13 bits per heavy atom. The van der Waals surface area contributed by atoms with E-state index in [-0.39, 0.29) is 11.8 Å². The van der Waals surface area contributed by atoms with Gasteiger partial charge >= 0.3 is 0 Å². The first-order chi connectivity index (χ1) is 11.1. The van der Waals surface area contributed by atoms with Gasteiger partial charge in [-0.1, -0.05) is 35.9 Å². The third kappa shape index (κ3) is 4.11. The molecule has 0 unspecified atom stereocenters. The third-order valence-electron chi connectivity index (χ3n) is 3.81. The summed E-state index contributed by atoms with van der Waals surface area (Å²) in [6.45, 7) is 0.589. The minimum absolute atomic E-state index is 0.00423. The van der Waals surface area contributed by atoms with Gasteiger partial charge in [-0.15, -0.1) is 0 Å². The van der Waals surface area contributed by atoms with Crippen molar-refractivity contribution in [1.29, 1.82) is 0 Å². The summed E-state index contributed by atoms with van der Waals surface area (Å²) in [5.74, 6) is -0.0132. The first-order valence-electron chi connectivity index (χ1n) is 7.53. The summed E-state index contributed by atoms with van der Waals surface area (Å²) in [5.41, 5.74) is 3.87. The summed E-state index contributed by atoms with van der Waals surface area (Å²) in [7, 11) is 0. The molecule has 0 fully saturated rings. The Labute approximate surface area is 139 Å². The van der Waals surface area contributed by atoms with Crippen LogP contribution >= 0.6 is 11.6 Å². The molecule has 0 aromatic heterocycles. The summed E-state index contributed by atoms with van der Waals surface area (Å²) in [4.78, 5) is 23.3. The highest BCUT2D eigenvalue weighted by Crippen LogP contribution is 2.23. The lowest BCUT2D eigenvalue weighted by Crippen LogP contribution is -2.27. The molecular weight excluding hydrogens is 312 g/mol. The molecule has 0 bridgehead atoms. The summed E-state index contributed by atoms with van der Waals surface area (Å²) in [5, 5.41) is 6.41. The third-order valence-corrected chi connectivity index (χ3v) is 4.06. The van der Waals surface area contributed by atoms with E-state index >= 15 is 0 Å². The molecule has 2 aromatic carbocycles. The first-order valence-corrected chi connectivity index (χ1v) is 7.91. The second-order valence-corrected chi connectivity index (χ2v) is 6.06. The summed E-state index contributed by atoms with van der Waals surface area (Å²) in [6, 6.07) is 13.3. The second kappa shape index (κ2) is 6.84. The lowest BCUT2D eigenvalue weighted by atomic mass is 10.1. The quantitative estimate of drug-likeness (QED) is 0.886. The first kappa shape index (κ1) is 15.6. The maximum atomic E-state index is 12.0. The van der Waals surface area contributed by atoms with E-state index in [2.05, 4.69) is 10.6 Å². The van der Waals surface area contributed by atoms with Crippen LogP contribution in [-0.4, -0.2) is 18.4 Å². The van der Waals surface area contributed by atoms with Gasteiger partial charge in [0.25, 0.3) is 0 Å². The zero-order valence-electron chi connectivity index (χ0n) is 12.6. The van der Waals surface area contributed by atoms with Gasteiger partial charge in [0.05, 0.1) is 12.8 Å². The van der Waals surface area contributed by atoms with Gasteiger partial charge in [0.15, 0.2) is 0 Å². The summed E-state index contributed by atoms with van der Waals surface area (Å²) in [6.07, 6.45) is 1.48. The number of fused-ring (bicyclic) bond motifs is 1. The monoisotopic (exact) mass is 328 g/mol. The minimum atomic E-state index is -0.0174. The van der Waals surface area contributed by atoms with Crippen LogP contribution in [0.25, 0.3) is 0 Å². The Bertz CT molecular complexity index is 741. The number of rotatable bonds is 5. The number of carbonyl (C=O) groups excluding carboxylic acids is 2. The highest BCUT2D eigenvalue weighted by atomic mass is 35.5. The van der Waals surface area contributed by atoms with E-state index in [0.717, 1.165) is 28.8 Å².